The average Bonchev–Trinajstić information content (AvgIpc) is 3.50. The number of anilines is 1. The highest BCUT2D eigenvalue weighted by Crippen LogP contribution is 2.39. The molecular weight excluding hydrogens is 546 g/mol. The lowest BCUT2D eigenvalue weighted by Crippen LogP contribution is -2.33. The summed E-state index contributed by atoms with van der Waals surface area (Å²) in [6.45, 7) is 4.49. The maximum Gasteiger partial charge on any atom is 0.226 e. The number of pyridine rings is 1. The lowest BCUT2D eigenvalue weighted by atomic mass is 10.0. The molecule has 6 nitrogen and oxygen atoms in total. The summed E-state index contributed by atoms with van der Waals surface area (Å²) in [4.78, 5) is 19.7. The van der Waals surface area contributed by atoms with Gasteiger partial charge in [-0.05, 0) is 91.8 Å². The third-order valence-corrected chi connectivity index (χ3v) is 7.51. The zero-order valence-corrected chi connectivity index (χ0v) is 23.1. The van der Waals surface area contributed by atoms with E-state index in [1.165, 1.54) is 0 Å². The second-order valence-electron chi connectivity index (χ2n) is 9.22. The fraction of sp³-hybridized carbons (Fsp3) is 0.207. The van der Waals surface area contributed by atoms with Crippen LogP contribution < -0.4 is 10.6 Å². The van der Waals surface area contributed by atoms with Gasteiger partial charge in [-0.2, -0.15) is 0 Å². The minimum Gasteiger partial charge on any atom is -0.352 e. The summed E-state index contributed by atoms with van der Waals surface area (Å²) in [5, 5.41) is 7.17. The van der Waals surface area contributed by atoms with Crippen molar-refractivity contribution in [2.24, 2.45) is 0 Å². The number of aryl methyl sites for hydroxylation is 2. The van der Waals surface area contributed by atoms with Crippen molar-refractivity contribution in [2.75, 3.05) is 11.9 Å². The quantitative estimate of drug-likeness (QED) is 0.256. The SMILES string of the molecule is Cc1ccc(C)c(NC(=O)CCN2C(=S)N[C@H](c3ccccn3)[C@@H]2c2cccn2-c2ccc(Br)cc2)c1. The van der Waals surface area contributed by atoms with Gasteiger partial charge in [0.1, 0.15) is 0 Å². The van der Waals surface area contributed by atoms with Crippen LogP contribution in [-0.4, -0.2) is 32.0 Å². The van der Waals surface area contributed by atoms with E-state index in [-0.39, 0.29) is 18.0 Å². The number of nitrogens with one attached hydrogen (secondary N) is 2. The third kappa shape index (κ3) is 5.45. The van der Waals surface area contributed by atoms with Crippen molar-refractivity contribution in [1.82, 2.24) is 19.8 Å². The van der Waals surface area contributed by atoms with Gasteiger partial charge in [0.15, 0.2) is 5.11 Å². The van der Waals surface area contributed by atoms with Crippen molar-refractivity contribution in [3.8, 4) is 5.69 Å². The van der Waals surface area contributed by atoms with E-state index in [2.05, 4.69) is 65.4 Å². The number of amides is 1. The van der Waals surface area contributed by atoms with E-state index >= 15 is 0 Å². The number of hydrogen-bond donors (Lipinski definition) is 2. The maximum atomic E-state index is 13.0. The van der Waals surface area contributed by atoms with E-state index in [1.807, 2.05) is 68.4 Å². The molecule has 0 unspecified atom stereocenters. The van der Waals surface area contributed by atoms with E-state index in [4.69, 9.17) is 12.2 Å². The Labute approximate surface area is 230 Å². The molecule has 1 aliphatic heterocycles. The van der Waals surface area contributed by atoms with Gasteiger partial charge in [-0.1, -0.05) is 34.1 Å². The van der Waals surface area contributed by atoms with Crippen LogP contribution in [0.5, 0.6) is 0 Å². The van der Waals surface area contributed by atoms with Gasteiger partial charge in [-0.15, -0.1) is 0 Å². The monoisotopic (exact) mass is 573 g/mol. The summed E-state index contributed by atoms with van der Waals surface area (Å²) in [5.74, 6) is -0.0418. The second kappa shape index (κ2) is 10.9. The minimum atomic E-state index is -0.153. The number of aromatic nitrogens is 2. The van der Waals surface area contributed by atoms with Gasteiger partial charge in [0.2, 0.25) is 5.91 Å². The molecule has 5 rings (SSSR count). The van der Waals surface area contributed by atoms with Crippen LogP contribution in [0.15, 0.2) is 89.7 Å². The normalized spacial score (nSPS) is 17.1. The molecule has 1 aliphatic rings. The van der Waals surface area contributed by atoms with Crippen LogP contribution >= 0.6 is 28.1 Å². The molecule has 8 heteroatoms. The molecule has 0 aliphatic carbocycles. The van der Waals surface area contributed by atoms with Gasteiger partial charge in [-0.25, -0.2) is 0 Å². The van der Waals surface area contributed by atoms with E-state index in [1.54, 1.807) is 6.20 Å². The van der Waals surface area contributed by atoms with E-state index < -0.39 is 0 Å². The van der Waals surface area contributed by atoms with Crippen LogP contribution in [0.4, 0.5) is 5.69 Å². The molecular formula is C29H28BrN5OS. The lowest BCUT2D eigenvalue weighted by Gasteiger charge is -2.29. The van der Waals surface area contributed by atoms with E-state index in [0.29, 0.717) is 18.1 Å². The van der Waals surface area contributed by atoms with E-state index in [9.17, 15) is 4.79 Å². The lowest BCUT2D eigenvalue weighted by molar-refractivity contribution is -0.116. The summed E-state index contributed by atoms with van der Waals surface area (Å²) in [6.07, 6.45) is 4.16. The Morgan fingerprint density at radius 1 is 1.08 bits per heavy atom. The number of carbonyl (C=O) groups is 1. The van der Waals surface area contributed by atoms with Crippen LogP contribution in [-0.2, 0) is 4.79 Å². The number of benzene rings is 2. The topological polar surface area (TPSA) is 62.2 Å². The van der Waals surface area contributed by atoms with Crippen molar-refractivity contribution >= 4 is 44.9 Å². The van der Waals surface area contributed by atoms with Gasteiger partial charge in [0.05, 0.1) is 17.8 Å². The van der Waals surface area contributed by atoms with Crippen LogP contribution in [0.25, 0.3) is 5.69 Å². The van der Waals surface area contributed by atoms with Crippen molar-refractivity contribution in [3.05, 3.63) is 112 Å². The minimum absolute atomic E-state index is 0.0418. The second-order valence-corrected chi connectivity index (χ2v) is 10.5. The standard InChI is InChI=1S/C29H28BrN5OS/c1-19-8-9-20(2)24(18-19)32-26(36)14-17-35-28(27(33-29(35)37)23-6-3-4-15-31-23)25-7-5-16-34(25)22-12-10-21(30)11-13-22/h3-13,15-16,18,27-28H,14,17H2,1-2H3,(H,32,36)(H,33,37)/t27-,28+/m1/s1. The van der Waals surface area contributed by atoms with Crippen LogP contribution in [0.2, 0.25) is 0 Å². The fourth-order valence-electron chi connectivity index (χ4n) is 4.75. The first-order valence-electron chi connectivity index (χ1n) is 12.2. The van der Waals surface area contributed by atoms with Gasteiger partial charge in [0.25, 0.3) is 0 Å². The van der Waals surface area contributed by atoms with Crippen molar-refractivity contribution < 1.29 is 4.79 Å². The van der Waals surface area contributed by atoms with E-state index in [0.717, 1.165) is 38.4 Å². The molecule has 37 heavy (non-hydrogen) atoms. The summed E-state index contributed by atoms with van der Waals surface area (Å²) >= 11 is 9.33. The Balaban J connectivity index is 1.44. The highest BCUT2D eigenvalue weighted by Gasteiger charge is 2.41. The first-order valence-corrected chi connectivity index (χ1v) is 13.4. The Kier molecular flexibility index (Phi) is 7.39. The van der Waals surface area contributed by atoms with Crippen molar-refractivity contribution in [1.29, 1.82) is 0 Å². The zero-order valence-electron chi connectivity index (χ0n) is 20.7. The number of nitrogens with zero attached hydrogens (tertiary/aromatic N) is 3. The molecule has 0 spiro atoms. The first kappa shape index (κ1) is 25.2. The Morgan fingerprint density at radius 3 is 2.65 bits per heavy atom. The van der Waals surface area contributed by atoms with Gasteiger partial charge < -0.3 is 20.1 Å². The fourth-order valence-corrected chi connectivity index (χ4v) is 5.34. The highest BCUT2D eigenvalue weighted by molar-refractivity contribution is 9.10. The molecule has 1 amide bonds. The molecule has 2 aromatic heterocycles. The molecule has 0 radical (unpaired) electrons. The van der Waals surface area contributed by atoms with Crippen LogP contribution in [0, 0.1) is 13.8 Å². The number of rotatable bonds is 7. The van der Waals surface area contributed by atoms with Gasteiger partial charge in [-0.3, -0.25) is 9.78 Å². The summed E-state index contributed by atoms with van der Waals surface area (Å²) < 4.78 is 3.20. The Hall–Kier alpha value is -3.49. The summed E-state index contributed by atoms with van der Waals surface area (Å²) in [7, 11) is 0. The van der Waals surface area contributed by atoms with Gasteiger partial charge >= 0.3 is 0 Å². The van der Waals surface area contributed by atoms with Crippen molar-refractivity contribution in [3.63, 3.8) is 0 Å². The largest absolute Gasteiger partial charge is 0.352 e. The molecule has 0 bridgehead atoms. The molecule has 0 saturated carbocycles. The molecule has 1 saturated heterocycles. The van der Waals surface area contributed by atoms with Crippen molar-refractivity contribution in [2.45, 2.75) is 32.4 Å². The molecule has 2 N–H and O–H groups in total. The summed E-state index contributed by atoms with van der Waals surface area (Å²) in [6, 6.07) is 24.0. The maximum absolute atomic E-state index is 13.0. The van der Waals surface area contributed by atoms with Crippen LogP contribution in [0.3, 0.4) is 0 Å². The number of hydrogen-bond acceptors (Lipinski definition) is 3. The number of halogens is 1. The molecule has 1 fully saturated rings. The van der Waals surface area contributed by atoms with Gasteiger partial charge in [0, 0.05) is 46.9 Å². The number of thiocarbonyl (C=S) groups is 1. The molecule has 188 valence electrons. The Morgan fingerprint density at radius 2 is 1.89 bits per heavy atom. The summed E-state index contributed by atoms with van der Waals surface area (Å²) in [5.41, 5.74) is 6.02. The number of carbonyl (C=O) groups excluding carboxylic acids is 1. The smallest absolute Gasteiger partial charge is 0.226 e. The average molecular weight is 575 g/mol. The third-order valence-electron chi connectivity index (χ3n) is 6.63. The molecule has 2 aromatic carbocycles. The predicted molar refractivity (Wildman–Crippen MR) is 155 cm³/mol. The Bertz CT molecular complexity index is 1420. The van der Waals surface area contributed by atoms with Crippen LogP contribution in [0.1, 0.15) is 41.0 Å². The molecule has 2 atom stereocenters. The highest BCUT2D eigenvalue weighted by atomic mass is 79.9. The molecule has 3 heterocycles. The molecule has 4 aromatic rings. The zero-order chi connectivity index (χ0) is 25.9. The predicted octanol–water partition coefficient (Wildman–Crippen LogP) is 6.25. The first-order chi connectivity index (χ1) is 17.9.